The van der Waals surface area contributed by atoms with Crippen molar-refractivity contribution >= 4 is 23.4 Å². The van der Waals surface area contributed by atoms with Crippen molar-refractivity contribution in [2.24, 2.45) is 0 Å². The monoisotopic (exact) mass is 369 g/mol. The van der Waals surface area contributed by atoms with E-state index < -0.39 is 24.0 Å². The predicted octanol–water partition coefficient (Wildman–Crippen LogP) is 1.32. The summed E-state index contributed by atoms with van der Waals surface area (Å²) in [5.41, 5.74) is 1.40. The van der Waals surface area contributed by atoms with Gasteiger partial charge in [0.25, 0.3) is 0 Å². The molecule has 1 aromatic rings. The second-order valence-corrected chi connectivity index (χ2v) is 5.70. The van der Waals surface area contributed by atoms with Gasteiger partial charge in [-0.2, -0.15) is 13.2 Å². The van der Waals surface area contributed by atoms with Gasteiger partial charge in [0.15, 0.2) is 0 Å². The Hall–Kier alpha value is -2.84. The molecule has 0 fully saturated rings. The molecule has 1 aromatic carbocycles. The molecule has 1 heterocycles. The van der Waals surface area contributed by atoms with E-state index in [1.807, 2.05) is 5.32 Å². The second-order valence-electron chi connectivity index (χ2n) is 5.70. The van der Waals surface area contributed by atoms with Crippen LogP contribution in [0.1, 0.15) is 12.0 Å². The van der Waals surface area contributed by atoms with Crippen LogP contribution in [0.15, 0.2) is 36.9 Å². The van der Waals surface area contributed by atoms with Crippen LogP contribution in [-0.2, 0) is 20.8 Å². The highest BCUT2D eigenvalue weighted by atomic mass is 19.4. The fourth-order valence-electron chi connectivity index (χ4n) is 2.76. The van der Waals surface area contributed by atoms with Gasteiger partial charge in [-0.15, -0.1) is 0 Å². The largest absolute Gasteiger partial charge is 0.471 e. The first-order valence-electron chi connectivity index (χ1n) is 7.89. The number of benzene rings is 1. The number of amides is 3. The Labute approximate surface area is 148 Å². The maximum Gasteiger partial charge on any atom is 0.471 e. The van der Waals surface area contributed by atoms with Gasteiger partial charge in [0, 0.05) is 25.2 Å². The number of para-hydroxylation sites is 1. The first-order valence-corrected chi connectivity index (χ1v) is 7.89. The van der Waals surface area contributed by atoms with Crippen LogP contribution in [0.4, 0.5) is 18.9 Å². The van der Waals surface area contributed by atoms with E-state index in [2.05, 4.69) is 11.9 Å². The zero-order valence-electron chi connectivity index (χ0n) is 13.8. The SMILES string of the molecule is C=CC(=O)NCCC(=O)N1c2ccccc2CC1CNC(=O)C(F)(F)F. The minimum Gasteiger partial charge on any atom is -0.352 e. The Morgan fingerprint density at radius 3 is 2.58 bits per heavy atom. The van der Waals surface area contributed by atoms with Crippen molar-refractivity contribution in [3.05, 3.63) is 42.5 Å². The molecule has 1 aliphatic heterocycles. The number of nitrogens with zero attached hydrogens (tertiary/aromatic N) is 1. The minimum absolute atomic E-state index is 0.0301. The normalized spacial score (nSPS) is 16.0. The van der Waals surface area contributed by atoms with E-state index in [4.69, 9.17) is 0 Å². The molecule has 6 nitrogen and oxygen atoms in total. The molecule has 2 rings (SSSR count). The molecule has 0 aliphatic carbocycles. The minimum atomic E-state index is -4.98. The summed E-state index contributed by atoms with van der Waals surface area (Å²) in [5.74, 6) is -2.82. The van der Waals surface area contributed by atoms with Gasteiger partial charge in [0.2, 0.25) is 11.8 Å². The van der Waals surface area contributed by atoms with Crippen molar-refractivity contribution in [3.8, 4) is 0 Å². The van der Waals surface area contributed by atoms with E-state index >= 15 is 0 Å². The molecule has 1 unspecified atom stereocenters. The number of rotatable bonds is 6. The van der Waals surface area contributed by atoms with Crippen LogP contribution in [0.3, 0.4) is 0 Å². The Kier molecular flexibility index (Phi) is 6.01. The molecule has 26 heavy (non-hydrogen) atoms. The van der Waals surface area contributed by atoms with Crippen molar-refractivity contribution in [2.75, 3.05) is 18.0 Å². The van der Waals surface area contributed by atoms with Gasteiger partial charge < -0.3 is 15.5 Å². The summed E-state index contributed by atoms with van der Waals surface area (Å²) in [7, 11) is 0. The third-order valence-corrected chi connectivity index (χ3v) is 3.92. The first kappa shape index (κ1) is 19.5. The van der Waals surface area contributed by atoms with Gasteiger partial charge in [-0.25, -0.2) is 0 Å². The summed E-state index contributed by atoms with van der Waals surface area (Å²) >= 11 is 0. The lowest BCUT2D eigenvalue weighted by Gasteiger charge is -2.26. The zero-order chi connectivity index (χ0) is 19.3. The molecule has 2 N–H and O–H groups in total. The topological polar surface area (TPSA) is 78.5 Å². The molecule has 140 valence electrons. The number of nitrogens with one attached hydrogen (secondary N) is 2. The third kappa shape index (κ3) is 4.62. The maximum absolute atomic E-state index is 12.5. The van der Waals surface area contributed by atoms with Crippen LogP contribution in [0.2, 0.25) is 0 Å². The van der Waals surface area contributed by atoms with Crippen LogP contribution in [-0.4, -0.2) is 43.0 Å². The second kappa shape index (κ2) is 8.03. The molecular formula is C17H18F3N3O3. The van der Waals surface area contributed by atoms with Gasteiger partial charge >= 0.3 is 12.1 Å². The quantitative estimate of drug-likeness (QED) is 0.743. The zero-order valence-corrected chi connectivity index (χ0v) is 13.8. The van der Waals surface area contributed by atoms with E-state index in [0.29, 0.717) is 12.1 Å². The number of hydrogen-bond donors (Lipinski definition) is 2. The first-order chi connectivity index (χ1) is 12.2. The highest BCUT2D eigenvalue weighted by Crippen LogP contribution is 2.32. The molecule has 1 atom stereocenters. The molecule has 0 aromatic heterocycles. The van der Waals surface area contributed by atoms with Crippen LogP contribution in [0.25, 0.3) is 0 Å². The van der Waals surface area contributed by atoms with Crippen molar-refractivity contribution in [1.29, 1.82) is 0 Å². The van der Waals surface area contributed by atoms with Gasteiger partial charge in [0.1, 0.15) is 0 Å². The molecule has 3 amide bonds. The molecule has 9 heteroatoms. The number of anilines is 1. The van der Waals surface area contributed by atoms with E-state index in [1.54, 1.807) is 24.3 Å². The number of fused-ring (bicyclic) bond motifs is 1. The van der Waals surface area contributed by atoms with Crippen LogP contribution in [0.5, 0.6) is 0 Å². The smallest absolute Gasteiger partial charge is 0.352 e. The fraction of sp³-hybridized carbons (Fsp3) is 0.353. The average Bonchev–Trinajstić information content (AvgIpc) is 2.96. The summed E-state index contributed by atoms with van der Waals surface area (Å²) in [5, 5.41) is 4.30. The molecule has 0 saturated heterocycles. The lowest BCUT2D eigenvalue weighted by atomic mass is 10.1. The Balaban J connectivity index is 2.07. The van der Waals surface area contributed by atoms with Gasteiger partial charge in [0.05, 0.1) is 6.04 Å². The summed E-state index contributed by atoms with van der Waals surface area (Å²) in [6.45, 7) is 3.05. The highest BCUT2D eigenvalue weighted by molar-refractivity contribution is 5.97. The lowest BCUT2D eigenvalue weighted by molar-refractivity contribution is -0.173. The van der Waals surface area contributed by atoms with E-state index in [0.717, 1.165) is 11.6 Å². The summed E-state index contributed by atoms with van der Waals surface area (Å²) in [6, 6.07) is 6.33. The van der Waals surface area contributed by atoms with Gasteiger partial charge in [-0.1, -0.05) is 24.8 Å². The standard InChI is InChI=1S/C17H18F3N3O3/c1-2-14(24)21-8-7-15(25)23-12(10-22-16(26)17(18,19)20)9-11-5-3-4-6-13(11)23/h2-6,12H,1,7-10H2,(H,21,24)(H,22,26). The summed E-state index contributed by atoms with van der Waals surface area (Å²) < 4.78 is 37.1. The fourth-order valence-corrected chi connectivity index (χ4v) is 2.76. The average molecular weight is 369 g/mol. The van der Waals surface area contributed by atoms with Gasteiger partial charge in [-0.3, -0.25) is 14.4 Å². The molecule has 0 spiro atoms. The summed E-state index contributed by atoms with van der Waals surface area (Å²) in [6.07, 6.45) is -3.60. The lowest BCUT2D eigenvalue weighted by Crippen LogP contribution is -2.48. The number of alkyl halides is 3. The highest BCUT2D eigenvalue weighted by Gasteiger charge is 2.40. The Morgan fingerprint density at radius 2 is 1.92 bits per heavy atom. The van der Waals surface area contributed by atoms with Gasteiger partial charge in [-0.05, 0) is 24.1 Å². The molecule has 0 radical (unpaired) electrons. The molecule has 0 saturated carbocycles. The third-order valence-electron chi connectivity index (χ3n) is 3.92. The van der Waals surface area contributed by atoms with Crippen molar-refractivity contribution in [1.82, 2.24) is 10.6 Å². The molecule has 0 bridgehead atoms. The predicted molar refractivity (Wildman–Crippen MR) is 88.3 cm³/mol. The van der Waals surface area contributed by atoms with E-state index in [-0.39, 0.29) is 25.4 Å². The number of carbonyl (C=O) groups excluding carboxylic acids is 3. The number of halogens is 3. The number of hydrogen-bond acceptors (Lipinski definition) is 3. The van der Waals surface area contributed by atoms with Crippen molar-refractivity contribution < 1.29 is 27.6 Å². The number of carbonyl (C=O) groups is 3. The maximum atomic E-state index is 12.5. The van der Waals surface area contributed by atoms with Crippen LogP contribution in [0, 0.1) is 0 Å². The van der Waals surface area contributed by atoms with Crippen molar-refractivity contribution in [2.45, 2.75) is 25.1 Å². The Morgan fingerprint density at radius 1 is 1.23 bits per heavy atom. The van der Waals surface area contributed by atoms with Crippen LogP contribution < -0.4 is 15.5 Å². The Bertz CT molecular complexity index is 719. The molecular weight excluding hydrogens is 351 g/mol. The van der Waals surface area contributed by atoms with Crippen LogP contribution >= 0.6 is 0 Å². The van der Waals surface area contributed by atoms with Crippen molar-refractivity contribution in [3.63, 3.8) is 0 Å². The molecule has 1 aliphatic rings. The summed E-state index contributed by atoms with van der Waals surface area (Å²) in [4.78, 5) is 36.1. The van der Waals surface area contributed by atoms with E-state index in [1.165, 1.54) is 4.90 Å². The van der Waals surface area contributed by atoms with E-state index in [9.17, 15) is 27.6 Å².